The molecule has 0 fully saturated rings. The summed E-state index contributed by atoms with van der Waals surface area (Å²) in [6.07, 6.45) is 92.7. The van der Waals surface area contributed by atoms with Crippen LogP contribution in [0, 0.1) is 0 Å². The number of quaternary nitrogens is 1. The summed E-state index contributed by atoms with van der Waals surface area (Å²) in [5.74, 6) is -0.507. The average molecular weight is 1270 g/mol. The second-order valence-electron chi connectivity index (χ2n) is 26.5. The number of nitrogens with zero attached hydrogens (tertiary/aromatic N) is 1. The maximum Gasteiger partial charge on any atom is 0.472 e. The van der Waals surface area contributed by atoms with E-state index in [4.69, 9.17) is 13.8 Å². The van der Waals surface area contributed by atoms with Gasteiger partial charge in [0, 0.05) is 12.8 Å². The average Bonchev–Trinajstić information content (AvgIpc) is 3.54. The highest BCUT2D eigenvalue weighted by Gasteiger charge is 2.30. The van der Waals surface area contributed by atoms with Gasteiger partial charge < -0.3 is 19.4 Å². The summed E-state index contributed by atoms with van der Waals surface area (Å²) in [7, 11) is 1.49. The van der Waals surface area contributed by atoms with Crippen molar-refractivity contribution in [2.75, 3.05) is 40.9 Å². The number of rotatable bonds is 68. The van der Waals surface area contributed by atoms with E-state index in [-0.39, 0.29) is 31.5 Å². The van der Waals surface area contributed by atoms with E-state index in [9.17, 15) is 19.0 Å². The number of allylic oxidation sites excluding steroid dienone is 15. The third kappa shape index (κ3) is 69.1. The molecule has 9 nitrogen and oxygen atoms in total. The van der Waals surface area contributed by atoms with Gasteiger partial charge in [-0.05, 0) is 115 Å². The van der Waals surface area contributed by atoms with Gasteiger partial charge in [0.1, 0.15) is 19.3 Å². The van der Waals surface area contributed by atoms with Crippen molar-refractivity contribution in [2.24, 2.45) is 0 Å². The molecule has 0 spiro atoms. The monoisotopic (exact) mass is 1260 g/mol. The highest BCUT2D eigenvalue weighted by molar-refractivity contribution is 7.47. The lowest BCUT2D eigenvalue weighted by Crippen LogP contribution is -2.47. The summed E-state index contributed by atoms with van der Waals surface area (Å²) in [6.45, 7) is 6.99. The smallest absolute Gasteiger partial charge is 0.456 e. The summed E-state index contributed by atoms with van der Waals surface area (Å²) in [6, 6.07) is -0.858. The van der Waals surface area contributed by atoms with Crippen LogP contribution in [0.15, 0.2) is 97.2 Å². The SMILES string of the molecule is CCCCC/C=C\C/C=C\C/C=C\C/C=C\CCCCCCCCCCCC(=O)OC(/C=C/CCCCCCCCCCCCC)C(COP(=O)(O)OCC[N+](C)(C)C)NC(=O)CCCCCCCCCCCCCC/C=C\C/C=C\C/C=C\CCCCC. The van der Waals surface area contributed by atoms with Gasteiger partial charge in [-0.3, -0.25) is 18.6 Å². The maximum absolute atomic E-state index is 13.7. The van der Waals surface area contributed by atoms with E-state index in [1.165, 1.54) is 205 Å². The zero-order valence-corrected chi connectivity index (χ0v) is 60.1. The van der Waals surface area contributed by atoms with Crippen LogP contribution in [0.25, 0.3) is 0 Å². The Labute approximate surface area is 551 Å². The van der Waals surface area contributed by atoms with E-state index in [0.717, 1.165) is 103 Å². The number of unbranched alkanes of at least 4 members (excludes halogenated alkanes) is 38. The number of hydrogen-bond donors (Lipinski definition) is 2. The molecule has 0 aromatic carbocycles. The minimum absolute atomic E-state index is 0.0358. The molecule has 0 aliphatic carbocycles. The van der Waals surface area contributed by atoms with Crippen molar-refractivity contribution in [1.29, 1.82) is 0 Å². The summed E-state index contributed by atoms with van der Waals surface area (Å²) in [4.78, 5) is 38.0. The molecule has 3 atom stereocenters. The number of phosphoric ester groups is 1. The number of hydrogen-bond acceptors (Lipinski definition) is 6. The number of carbonyl (C=O) groups excluding carboxylic acids is 2. The second kappa shape index (κ2) is 67.8. The van der Waals surface area contributed by atoms with Gasteiger partial charge in [0.25, 0.3) is 0 Å². The van der Waals surface area contributed by atoms with E-state index in [1.54, 1.807) is 0 Å². The van der Waals surface area contributed by atoms with E-state index in [0.29, 0.717) is 17.4 Å². The van der Waals surface area contributed by atoms with Crippen molar-refractivity contribution in [2.45, 2.75) is 354 Å². The minimum Gasteiger partial charge on any atom is -0.456 e. The molecule has 516 valence electrons. The molecule has 0 bridgehead atoms. The van der Waals surface area contributed by atoms with E-state index in [1.807, 2.05) is 33.3 Å². The molecule has 0 aliphatic heterocycles. The quantitative estimate of drug-likeness (QED) is 0.0205. The molecular weight excluding hydrogens is 1120 g/mol. The zero-order valence-electron chi connectivity index (χ0n) is 59.2. The molecule has 0 heterocycles. The molecule has 3 unspecified atom stereocenters. The topological polar surface area (TPSA) is 111 Å². The number of nitrogens with one attached hydrogen (secondary N) is 1. The van der Waals surface area contributed by atoms with Crippen molar-refractivity contribution < 1.29 is 37.3 Å². The summed E-state index contributed by atoms with van der Waals surface area (Å²) in [5.41, 5.74) is 0. The number of esters is 1. The normalized spacial score (nSPS) is 14.0. The lowest BCUT2D eigenvalue weighted by Gasteiger charge is -2.27. The molecule has 0 saturated heterocycles. The maximum atomic E-state index is 13.7. The molecule has 0 saturated carbocycles. The number of phosphoric acid groups is 1. The number of likely N-dealkylation sites (N-methyl/N-ethyl adjacent to an activating group) is 1. The third-order valence-electron chi connectivity index (χ3n) is 16.5. The van der Waals surface area contributed by atoms with Crippen molar-refractivity contribution in [3.63, 3.8) is 0 Å². The van der Waals surface area contributed by atoms with Crippen molar-refractivity contribution >= 4 is 19.7 Å². The van der Waals surface area contributed by atoms with Crippen molar-refractivity contribution in [3.8, 4) is 0 Å². The Bertz CT molecular complexity index is 1840. The van der Waals surface area contributed by atoms with E-state index < -0.39 is 20.0 Å². The standard InChI is InChI=1S/C79H143N2O7P/c1-7-10-13-16-19-22-25-28-30-32-34-36-38-40-42-44-46-48-50-53-56-59-62-65-68-71-78(82)80-76(75-87-89(84,85)86-74-73-81(4,5)6)77(70-67-64-61-58-55-52-27-24-21-18-15-12-9-3)88-79(83)72-69-66-63-60-57-54-51-49-47-45-43-41-39-37-35-33-31-29-26-23-20-17-14-11-8-2/h19-20,22-23,28-31,34-37,41,43,67,70,76-77H,7-18,21,24-27,32-33,38-40,42,44-66,68-69,71-75H2,1-6H3,(H-,80,82,84,85)/p+1/b22-19-,23-20-,30-28-,31-29-,36-34-,37-35-,43-41-,70-67+. The summed E-state index contributed by atoms with van der Waals surface area (Å²) < 4.78 is 30.9. The van der Waals surface area contributed by atoms with E-state index in [2.05, 4.69) is 111 Å². The lowest BCUT2D eigenvalue weighted by molar-refractivity contribution is -0.870. The van der Waals surface area contributed by atoms with Crippen LogP contribution in [0.3, 0.4) is 0 Å². The molecule has 2 N–H and O–H groups in total. The Kier molecular flexibility index (Phi) is 65.5. The van der Waals surface area contributed by atoms with Gasteiger partial charge >= 0.3 is 13.8 Å². The Morgan fingerprint density at radius 1 is 0.393 bits per heavy atom. The number of ether oxygens (including phenoxy) is 1. The molecule has 0 radical (unpaired) electrons. The Hall–Kier alpha value is -3.07. The Balaban J connectivity index is 5.07. The molecule has 10 heteroatoms. The van der Waals surface area contributed by atoms with Crippen molar-refractivity contribution in [3.05, 3.63) is 97.2 Å². The molecule has 1 amide bonds. The lowest BCUT2D eigenvalue weighted by atomic mass is 10.0. The number of amides is 1. The molecule has 0 aromatic rings. The molecule has 0 aliphatic rings. The van der Waals surface area contributed by atoms with Gasteiger partial charge in [-0.15, -0.1) is 0 Å². The van der Waals surface area contributed by atoms with Gasteiger partial charge in [-0.1, -0.05) is 311 Å². The fourth-order valence-corrected chi connectivity index (χ4v) is 11.4. The predicted octanol–water partition coefficient (Wildman–Crippen LogP) is 24.2. The fourth-order valence-electron chi connectivity index (χ4n) is 10.7. The number of carbonyl (C=O) groups is 2. The van der Waals surface area contributed by atoms with Crippen LogP contribution in [0.5, 0.6) is 0 Å². The molecule has 0 rings (SSSR count). The Morgan fingerprint density at radius 2 is 0.685 bits per heavy atom. The van der Waals surface area contributed by atoms with Crippen molar-refractivity contribution in [1.82, 2.24) is 5.32 Å². The summed E-state index contributed by atoms with van der Waals surface area (Å²) >= 11 is 0. The van der Waals surface area contributed by atoms with Crippen LogP contribution in [0.4, 0.5) is 0 Å². The summed E-state index contributed by atoms with van der Waals surface area (Å²) in [5, 5.41) is 3.08. The van der Waals surface area contributed by atoms with Crippen LogP contribution in [-0.4, -0.2) is 74.3 Å². The van der Waals surface area contributed by atoms with Crippen LogP contribution in [0.1, 0.15) is 342 Å². The molecule has 0 aromatic heterocycles. The predicted molar refractivity (Wildman–Crippen MR) is 387 cm³/mol. The van der Waals surface area contributed by atoms with Crippen LogP contribution in [0.2, 0.25) is 0 Å². The highest BCUT2D eigenvalue weighted by Crippen LogP contribution is 2.43. The molecular formula is C79H144N2O7P+. The van der Waals surface area contributed by atoms with E-state index >= 15 is 0 Å². The van der Waals surface area contributed by atoms with Gasteiger partial charge in [0.05, 0.1) is 33.8 Å². The van der Waals surface area contributed by atoms with Crippen LogP contribution >= 0.6 is 7.82 Å². The molecule has 89 heavy (non-hydrogen) atoms. The first kappa shape index (κ1) is 85.9. The van der Waals surface area contributed by atoms with Gasteiger partial charge in [-0.25, -0.2) is 4.57 Å². The van der Waals surface area contributed by atoms with Crippen LogP contribution < -0.4 is 5.32 Å². The van der Waals surface area contributed by atoms with Gasteiger partial charge in [0.2, 0.25) is 5.91 Å². The second-order valence-corrected chi connectivity index (χ2v) is 27.9. The first-order valence-corrected chi connectivity index (χ1v) is 39.1. The van der Waals surface area contributed by atoms with Crippen LogP contribution in [-0.2, 0) is 27.9 Å². The zero-order chi connectivity index (χ0) is 64.9. The third-order valence-corrected chi connectivity index (χ3v) is 17.5. The largest absolute Gasteiger partial charge is 0.472 e. The Morgan fingerprint density at radius 3 is 1.04 bits per heavy atom. The highest BCUT2D eigenvalue weighted by atomic mass is 31.2. The minimum atomic E-state index is -4.46. The first-order chi connectivity index (χ1) is 43.4. The first-order valence-electron chi connectivity index (χ1n) is 37.6. The van der Waals surface area contributed by atoms with Gasteiger partial charge in [-0.2, -0.15) is 0 Å². The fraction of sp³-hybridized carbons (Fsp3) is 0.772. The van der Waals surface area contributed by atoms with Gasteiger partial charge in [0.15, 0.2) is 0 Å².